The molecule has 0 atom stereocenters. The molecule has 1 aliphatic rings. The van der Waals surface area contributed by atoms with Gasteiger partial charge in [0.1, 0.15) is 0 Å². The van der Waals surface area contributed by atoms with Crippen LogP contribution in [0.5, 0.6) is 0 Å². The van der Waals surface area contributed by atoms with E-state index in [-0.39, 0.29) is 18.3 Å². The Morgan fingerprint density at radius 1 is 1.16 bits per heavy atom. The Kier molecular flexibility index (Phi) is 8.99. The molecule has 0 radical (unpaired) electrons. The van der Waals surface area contributed by atoms with Crippen molar-refractivity contribution in [3.8, 4) is 0 Å². The van der Waals surface area contributed by atoms with Gasteiger partial charge >= 0.3 is 0 Å². The number of rotatable bonds is 6. The quantitative estimate of drug-likeness (QED) is 0.359. The van der Waals surface area contributed by atoms with E-state index < -0.39 is 0 Å². The average molecular weight is 566 g/mol. The van der Waals surface area contributed by atoms with Crippen molar-refractivity contribution in [2.45, 2.75) is 6.42 Å². The highest BCUT2D eigenvalue weighted by Gasteiger charge is 2.22. The Labute approximate surface area is 209 Å². The van der Waals surface area contributed by atoms with Crippen LogP contribution in [0.25, 0.3) is 10.2 Å². The molecular weight excluding hydrogens is 545 g/mol. The topological polar surface area (TPSA) is 45.7 Å². The molecule has 1 aromatic heterocycles. The van der Waals surface area contributed by atoms with E-state index >= 15 is 0 Å². The summed E-state index contributed by atoms with van der Waals surface area (Å²) in [6.45, 7) is 4.83. The molecule has 4 rings (SSSR count). The van der Waals surface area contributed by atoms with Crippen LogP contribution in [-0.2, 0) is 4.74 Å². The first-order valence-corrected chi connectivity index (χ1v) is 12.0. The number of hydrogen-bond donors (Lipinski definition) is 0. The van der Waals surface area contributed by atoms with Gasteiger partial charge in [0.25, 0.3) is 5.91 Å². The third-order valence-electron chi connectivity index (χ3n) is 4.88. The molecule has 3 aromatic rings. The minimum absolute atomic E-state index is 0. The molecule has 0 bridgehead atoms. The first-order chi connectivity index (χ1) is 14.5. The monoisotopic (exact) mass is 563 g/mol. The first-order valence-electron chi connectivity index (χ1n) is 9.64. The molecule has 1 saturated heterocycles. The molecule has 0 spiro atoms. The molecule has 31 heavy (non-hydrogen) atoms. The number of nitrogens with zero attached hydrogens (tertiary/aromatic N) is 3. The van der Waals surface area contributed by atoms with Gasteiger partial charge in [0.05, 0.1) is 23.4 Å². The first kappa shape index (κ1) is 24.7. The van der Waals surface area contributed by atoms with Crippen molar-refractivity contribution >= 4 is 84.1 Å². The zero-order chi connectivity index (χ0) is 21.1. The van der Waals surface area contributed by atoms with Crippen LogP contribution in [0, 0.1) is 0 Å². The Balaban J connectivity index is 0.00000272. The standard InChI is InChI=1S/C21H20BrCl2N3O2S.ClH/c22-15-2-3-18-19(12-15)30-21(25-18)27(5-1-4-26-6-8-29-9-7-26)20(28)14-10-16(23)13-17(24)11-14;/h2-3,10-13H,1,4-9H2;1H. The fourth-order valence-electron chi connectivity index (χ4n) is 3.40. The Hall–Kier alpha value is -0.930. The molecule has 1 aliphatic heterocycles. The van der Waals surface area contributed by atoms with Crippen LogP contribution in [0.2, 0.25) is 10.0 Å². The van der Waals surface area contributed by atoms with E-state index in [9.17, 15) is 4.79 Å². The van der Waals surface area contributed by atoms with Crippen molar-refractivity contribution in [2.24, 2.45) is 0 Å². The largest absolute Gasteiger partial charge is 0.379 e. The molecule has 0 saturated carbocycles. The normalized spacial score (nSPS) is 14.4. The molecule has 5 nitrogen and oxygen atoms in total. The minimum atomic E-state index is -0.153. The predicted octanol–water partition coefficient (Wildman–Crippen LogP) is 6.16. The van der Waals surface area contributed by atoms with Crippen molar-refractivity contribution in [1.82, 2.24) is 9.88 Å². The molecule has 2 aromatic carbocycles. The number of thiazole rings is 1. The highest BCUT2D eigenvalue weighted by atomic mass is 79.9. The van der Waals surface area contributed by atoms with Crippen LogP contribution in [0.3, 0.4) is 0 Å². The summed E-state index contributed by atoms with van der Waals surface area (Å²) in [5.41, 5.74) is 1.33. The van der Waals surface area contributed by atoms with Gasteiger partial charge in [0.2, 0.25) is 0 Å². The maximum atomic E-state index is 13.4. The Bertz CT molecular complexity index is 1040. The zero-order valence-corrected chi connectivity index (χ0v) is 21.3. The van der Waals surface area contributed by atoms with Crippen molar-refractivity contribution in [1.29, 1.82) is 0 Å². The molecule has 2 heterocycles. The number of carbonyl (C=O) groups excluding carboxylic acids is 1. The summed E-state index contributed by atoms with van der Waals surface area (Å²) in [5.74, 6) is -0.153. The maximum absolute atomic E-state index is 13.4. The third kappa shape index (κ3) is 6.32. The lowest BCUT2D eigenvalue weighted by Crippen LogP contribution is -2.39. The summed E-state index contributed by atoms with van der Waals surface area (Å²) >= 11 is 17.3. The van der Waals surface area contributed by atoms with Crippen molar-refractivity contribution < 1.29 is 9.53 Å². The second-order valence-corrected chi connectivity index (χ2v) is 9.83. The van der Waals surface area contributed by atoms with Crippen LogP contribution in [0.15, 0.2) is 40.9 Å². The van der Waals surface area contributed by atoms with E-state index in [0.717, 1.165) is 54.0 Å². The second kappa shape index (κ2) is 11.3. The van der Waals surface area contributed by atoms with E-state index in [0.29, 0.717) is 27.3 Å². The number of benzene rings is 2. The summed E-state index contributed by atoms with van der Waals surface area (Å²) in [6, 6.07) is 10.8. The summed E-state index contributed by atoms with van der Waals surface area (Å²) in [6.07, 6.45) is 0.833. The van der Waals surface area contributed by atoms with E-state index in [1.165, 1.54) is 11.3 Å². The Morgan fingerprint density at radius 3 is 2.58 bits per heavy atom. The van der Waals surface area contributed by atoms with Gasteiger partial charge in [0.15, 0.2) is 5.13 Å². The molecule has 0 N–H and O–H groups in total. The van der Waals surface area contributed by atoms with Gasteiger partial charge in [-0.2, -0.15) is 0 Å². The smallest absolute Gasteiger partial charge is 0.260 e. The van der Waals surface area contributed by atoms with Gasteiger partial charge in [-0.25, -0.2) is 4.98 Å². The summed E-state index contributed by atoms with van der Waals surface area (Å²) in [4.78, 5) is 22.2. The molecule has 0 unspecified atom stereocenters. The van der Waals surface area contributed by atoms with Gasteiger partial charge in [-0.15, -0.1) is 12.4 Å². The number of fused-ring (bicyclic) bond motifs is 1. The maximum Gasteiger partial charge on any atom is 0.260 e. The molecule has 1 fully saturated rings. The highest BCUT2D eigenvalue weighted by Crippen LogP contribution is 2.32. The summed E-state index contributed by atoms with van der Waals surface area (Å²) < 4.78 is 7.42. The van der Waals surface area contributed by atoms with Gasteiger partial charge in [-0.05, 0) is 42.8 Å². The number of amides is 1. The number of morpholine rings is 1. The van der Waals surface area contributed by atoms with E-state index in [2.05, 4.69) is 20.8 Å². The lowest BCUT2D eigenvalue weighted by Gasteiger charge is -2.27. The predicted molar refractivity (Wildman–Crippen MR) is 135 cm³/mol. The van der Waals surface area contributed by atoms with Crippen LogP contribution >= 0.6 is 62.9 Å². The SMILES string of the molecule is Cl.O=C(c1cc(Cl)cc(Cl)c1)N(CCCN1CCOCC1)c1nc2ccc(Br)cc2s1. The Morgan fingerprint density at radius 2 is 1.87 bits per heavy atom. The number of anilines is 1. The van der Waals surface area contributed by atoms with Crippen LogP contribution in [0.4, 0.5) is 5.13 Å². The van der Waals surface area contributed by atoms with Crippen molar-refractivity contribution in [2.75, 3.05) is 44.3 Å². The number of halogens is 4. The minimum Gasteiger partial charge on any atom is -0.379 e. The van der Waals surface area contributed by atoms with Crippen molar-refractivity contribution in [3.05, 3.63) is 56.5 Å². The third-order valence-corrected chi connectivity index (χ3v) is 6.86. The number of hydrogen-bond acceptors (Lipinski definition) is 5. The summed E-state index contributed by atoms with van der Waals surface area (Å²) in [5, 5.41) is 1.55. The highest BCUT2D eigenvalue weighted by molar-refractivity contribution is 9.10. The fraction of sp³-hybridized carbons (Fsp3) is 0.333. The van der Waals surface area contributed by atoms with Gasteiger partial charge in [-0.3, -0.25) is 14.6 Å². The average Bonchev–Trinajstić information content (AvgIpc) is 3.13. The van der Waals surface area contributed by atoms with E-state index in [1.807, 2.05) is 18.2 Å². The van der Waals surface area contributed by atoms with E-state index in [4.69, 9.17) is 32.9 Å². The van der Waals surface area contributed by atoms with Crippen LogP contribution in [0.1, 0.15) is 16.8 Å². The number of ether oxygens (including phenoxy) is 1. The number of aromatic nitrogens is 1. The lowest BCUT2D eigenvalue weighted by molar-refractivity contribution is 0.0376. The zero-order valence-electron chi connectivity index (χ0n) is 16.5. The molecule has 0 aliphatic carbocycles. The van der Waals surface area contributed by atoms with Crippen LogP contribution in [-0.4, -0.2) is 55.2 Å². The van der Waals surface area contributed by atoms with E-state index in [1.54, 1.807) is 23.1 Å². The number of carbonyl (C=O) groups is 1. The molecular formula is C21H21BrCl3N3O2S. The van der Waals surface area contributed by atoms with Gasteiger partial charge in [-0.1, -0.05) is 50.5 Å². The van der Waals surface area contributed by atoms with Crippen LogP contribution < -0.4 is 4.90 Å². The molecule has 166 valence electrons. The fourth-order valence-corrected chi connectivity index (χ4v) is 5.46. The summed E-state index contributed by atoms with van der Waals surface area (Å²) in [7, 11) is 0. The second-order valence-electron chi connectivity index (χ2n) is 7.03. The molecule has 1 amide bonds. The lowest BCUT2D eigenvalue weighted by atomic mass is 10.2. The van der Waals surface area contributed by atoms with Gasteiger partial charge < -0.3 is 4.74 Å². The van der Waals surface area contributed by atoms with Gasteiger partial charge in [0, 0.05) is 46.3 Å². The molecule has 10 heteroatoms. The van der Waals surface area contributed by atoms with Crippen molar-refractivity contribution in [3.63, 3.8) is 0 Å².